The monoisotopic (exact) mass is 376 g/mol. The molecule has 1 fully saturated rings. The van der Waals surface area contributed by atoms with E-state index < -0.39 is 5.54 Å². The van der Waals surface area contributed by atoms with Crippen LogP contribution in [-0.2, 0) is 4.79 Å². The number of nitrogens with two attached hydrogens (primary N) is 1. The Labute approximate surface area is 137 Å². The van der Waals surface area contributed by atoms with Gasteiger partial charge in [-0.15, -0.1) is 0 Å². The minimum absolute atomic E-state index is 0.198. The maximum atomic E-state index is 12.2. The summed E-state index contributed by atoms with van der Waals surface area (Å²) in [6, 6.07) is 5.54. The second-order valence-corrected chi connectivity index (χ2v) is 8.08. The van der Waals surface area contributed by atoms with Crippen LogP contribution in [-0.4, -0.2) is 23.0 Å². The SMILES string of the molecule is CC1(C)CCSCC1(Nc1ccc(Cl)c(Br)c1)C(N)=O. The van der Waals surface area contributed by atoms with Crippen LogP contribution in [0, 0.1) is 5.41 Å². The molecule has 1 aromatic rings. The zero-order chi connectivity index (χ0) is 15.0. The molecule has 1 saturated heterocycles. The number of carbonyl (C=O) groups is 1. The number of amides is 1. The van der Waals surface area contributed by atoms with E-state index in [1.165, 1.54) is 0 Å². The van der Waals surface area contributed by atoms with Crippen LogP contribution >= 0.6 is 39.3 Å². The quantitative estimate of drug-likeness (QED) is 0.840. The number of rotatable bonds is 3. The lowest BCUT2D eigenvalue weighted by Crippen LogP contribution is -2.63. The van der Waals surface area contributed by atoms with Gasteiger partial charge in [-0.2, -0.15) is 11.8 Å². The molecule has 0 spiro atoms. The van der Waals surface area contributed by atoms with Crippen molar-refractivity contribution >= 4 is 50.9 Å². The van der Waals surface area contributed by atoms with E-state index in [1.54, 1.807) is 17.8 Å². The highest BCUT2D eigenvalue weighted by Gasteiger charge is 2.51. The van der Waals surface area contributed by atoms with Gasteiger partial charge in [0.2, 0.25) is 5.91 Å². The van der Waals surface area contributed by atoms with E-state index in [1.807, 2.05) is 12.1 Å². The summed E-state index contributed by atoms with van der Waals surface area (Å²) in [6.07, 6.45) is 0.947. The summed E-state index contributed by atoms with van der Waals surface area (Å²) in [6.45, 7) is 4.19. The van der Waals surface area contributed by atoms with Crippen molar-refractivity contribution in [2.75, 3.05) is 16.8 Å². The number of benzene rings is 1. The molecular weight excluding hydrogens is 360 g/mol. The standard InChI is InChI=1S/C14H18BrClN2OS/c1-13(2)5-6-20-8-14(13,12(17)19)18-9-3-4-11(16)10(15)7-9/h3-4,7,18H,5-6,8H2,1-2H3,(H2,17,19). The van der Waals surface area contributed by atoms with E-state index in [9.17, 15) is 4.79 Å². The molecule has 1 heterocycles. The number of hydrogen-bond donors (Lipinski definition) is 2. The van der Waals surface area contributed by atoms with Crippen molar-refractivity contribution in [1.82, 2.24) is 0 Å². The number of primary amides is 1. The topological polar surface area (TPSA) is 55.1 Å². The average molecular weight is 378 g/mol. The number of halogens is 2. The lowest BCUT2D eigenvalue weighted by molar-refractivity contribution is -0.125. The molecule has 0 aromatic heterocycles. The zero-order valence-electron chi connectivity index (χ0n) is 11.5. The highest BCUT2D eigenvalue weighted by molar-refractivity contribution is 9.10. The number of nitrogens with one attached hydrogen (secondary N) is 1. The first kappa shape index (κ1) is 16.0. The van der Waals surface area contributed by atoms with Gasteiger partial charge in [0.25, 0.3) is 0 Å². The zero-order valence-corrected chi connectivity index (χ0v) is 14.7. The minimum Gasteiger partial charge on any atom is -0.370 e. The van der Waals surface area contributed by atoms with Crippen molar-refractivity contribution in [3.63, 3.8) is 0 Å². The lowest BCUT2D eigenvalue weighted by Gasteiger charge is -2.48. The summed E-state index contributed by atoms with van der Waals surface area (Å²) in [7, 11) is 0. The van der Waals surface area contributed by atoms with E-state index in [4.69, 9.17) is 17.3 Å². The van der Waals surface area contributed by atoms with Crippen molar-refractivity contribution in [2.45, 2.75) is 25.8 Å². The predicted molar refractivity (Wildman–Crippen MR) is 90.4 cm³/mol. The third-order valence-electron chi connectivity index (χ3n) is 4.04. The summed E-state index contributed by atoms with van der Waals surface area (Å²) in [4.78, 5) is 12.2. The fraction of sp³-hybridized carbons (Fsp3) is 0.500. The second-order valence-electron chi connectivity index (χ2n) is 5.71. The van der Waals surface area contributed by atoms with E-state index in [0.717, 1.165) is 22.3 Å². The van der Waals surface area contributed by atoms with Gasteiger partial charge < -0.3 is 11.1 Å². The van der Waals surface area contributed by atoms with Crippen LogP contribution in [0.3, 0.4) is 0 Å². The van der Waals surface area contributed by atoms with Crippen LogP contribution < -0.4 is 11.1 Å². The summed E-state index contributed by atoms with van der Waals surface area (Å²) >= 11 is 11.2. The van der Waals surface area contributed by atoms with Gasteiger partial charge in [-0.25, -0.2) is 0 Å². The molecule has 1 aliphatic heterocycles. The minimum atomic E-state index is -0.747. The van der Waals surface area contributed by atoms with Gasteiger partial charge in [0.1, 0.15) is 5.54 Å². The number of carbonyl (C=O) groups excluding carboxylic acids is 1. The molecular formula is C14H18BrClN2OS. The van der Waals surface area contributed by atoms with Crippen LogP contribution in [0.15, 0.2) is 22.7 Å². The molecule has 6 heteroatoms. The normalized spacial score (nSPS) is 25.2. The Hall–Kier alpha value is -0.390. The third-order valence-corrected chi connectivity index (χ3v) is 6.39. The molecule has 110 valence electrons. The van der Waals surface area contributed by atoms with Crippen molar-refractivity contribution in [1.29, 1.82) is 0 Å². The molecule has 1 amide bonds. The third kappa shape index (κ3) is 2.81. The van der Waals surface area contributed by atoms with Gasteiger partial charge in [-0.3, -0.25) is 4.79 Å². The van der Waals surface area contributed by atoms with Crippen LogP contribution in [0.2, 0.25) is 5.02 Å². The second kappa shape index (κ2) is 5.78. The highest BCUT2D eigenvalue weighted by atomic mass is 79.9. The van der Waals surface area contributed by atoms with Crippen LogP contribution in [0.4, 0.5) is 5.69 Å². The average Bonchev–Trinajstić information content (AvgIpc) is 2.36. The molecule has 3 nitrogen and oxygen atoms in total. The first-order valence-corrected chi connectivity index (χ1v) is 8.72. The lowest BCUT2D eigenvalue weighted by atomic mass is 9.70. The molecule has 0 saturated carbocycles. The van der Waals surface area contributed by atoms with Crippen LogP contribution in [0.1, 0.15) is 20.3 Å². The van der Waals surface area contributed by atoms with E-state index in [2.05, 4.69) is 35.1 Å². The predicted octanol–water partition coefficient (Wildman–Crippen LogP) is 3.90. The summed E-state index contributed by atoms with van der Waals surface area (Å²) in [5, 5.41) is 4.01. The van der Waals surface area contributed by atoms with Crippen molar-refractivity contribution in [2.24, 2.45) is 11.1 Å². The smallest absolute Gasteiger partial charge is 0.244 e. The number of thioether (sulfide) groups is 1. The summed E-state index contributed by atoms with van der Waals surface area (Å²) in [5.74, 6) is 1.42. The largest absolute Gasteiger partial charge is 0.370 e. The molecule has 0 bridgehead atoms. The molecule has 1 unspecified atom stereocenters. The van der Waals surface area contributed by atoms with Crippen molar-refractivity contribution < 1.29 is 4.79 Å². The Kier molecular flexibility index (Phi) is 4.62. The van der Waals surface area contributed by atoms with Crippen LogP contribution in [0.5, 0.6) is 0 Å². The van der Waals surface area contributed by atoms with Gasteiger partial charge in [-0.1, -0.05) is 25.4 Å². The van der Waals surface area contributed by atoms with E-state index in [-0.39, 0.29) is 11.3 Å². The van der Waals surface area contributed by atoms with Gasteiger partial charge in [0.05, 0.1) is 5.02 Å². The first-order valence-electron chi connectivity index (χ1n) is 6.39. The maximum absolute atomic E-state index is 12.2. The molecule has 1 aromatic carbocycles. The summed E-state index contributed by atoms with van der Waals surface area (Å²) < 4.78 is 0.796. The van der Waals surface area contributed by atoms with Crippen LogP contribution in [0.25, 0.3) is 0 Å². The molecule has 1 aliphatic rings. The first-order chi connectivity index (χ1) is 9.28. The Morgan fingerprint density at radius 3 is 2.75 bits per heavy atom. The Balaban J connectivity index is 2.38. The van der Waals surface area contributed by atoms with E-state index in [0.29, 0.717) is 10.8 Å². The molecule has 2 rings (SSSR count). The highest BCUT2D eigenvalue weighted by Crippen LogP contribution is 2.44. The molecule has 3 N–H and O–H groups in total. The fourth-order valence-corrected chi connectivity index (χ4v) is 4.66. The maximum Gasteiger partial charge on any atom is 0.244 e. The molecule has 0 radical (unpaired) electrons. The summed E-state index contributed by atoms with van der Waals surface area (Å²) in [5.41, 5.74) is 5.64. The van der Waals surface area contributed by atoms with Crippen molar-refractivity contribution in [3.8, 4) is 0 Å². The number of hydrogen-bond acceptors (Lipinski definition) is 3. The van der Waals surface area contributed by atoms with E-state index >= 15 is 0 Å². The van der Waals surface area contributed by atoms with Gasteiger partial charge >= 0.3 is 0 Å². The molecule has 0 aliphatic carbocycles. The van der Waals surface area contributed by atoms with Gasteiger partial charge in [0, 0.05) is 15.9 Å². The fourth-order valence-electron chi connectivity index (χ4n) is 2.45. The Morgan fingerprint density at radius 1 is 1.50 bits per heavy atom. The van der Waals surface area contributed by atoms with Gasteiger partial charge in [-0.05, 0) is 51.7 Å². The van der Waals surface area contributed by atoms with Crippen molar-refractivity contribution in [3.05, 3.63) is 27.7 Å². The Bertz CT molecular complexity index is 538. The molecule has 20 heavy (non-hydrogen) atoms. The van der Waals surface area contributed by atoms with Gasteiger partial charge in [0.15, 0.2) is 0 Å². The molecule has 1 atom stereocenters. The number of anilines is 1. The Morgan fingerprint density at radius 2 is 2.20 bits per heavy atom.